The molecular formula is C29H22N6O3S. The van der Waals surface area contributed by atoms with Crippen LogP contribution in [0.25, 0.3) is 16.2 Å². The standard InChI is InChI=1S/C29H22N6O3S/c36-24(17-34-22-8-4-5-9-23(22)35(28(34)38)27-30-12-13-39-27)31-21-11-10-19-15-29(16-20(19)14-21)26(37)32-25(33-29)18-6-2-1-3-7-18/h1-14H,15-17H2,(H,31,36)(H,32,33,37). The van der Waals surface area contributed by atoms with Crippen LogP contribution in [0.2, 0.25) is 0 Å². The van der Waals surface area contributed by atoms with E-state index in [1.807, 2.05) is 78.2 Å². The van der Waals surface area contributed by atoms with Crippen molar-refractivity contribution in [2.75, 3.05) is 5.32 Å². The van der Waals surface area contributed by atoms with Gasteiger partial charge in [0.2, 0.25) is 5.91 Å². The molecule has 2 aromatic heterocycles. The van der Waals surface area contributed by atoms with Gasteiger partial charge in [-0.15, -0.1) is 11.3 Å². The molecular weight excluding hydrogens is 512 g/mol. The van der Waals surface area contributed by atoms with Crippen LogP contribution in [-0.2, 0) is 29.0 Å². The van der Waals surface area contributed by atoms with Gasteiger partial charge in [0.1, 0.15) is 17.9 Å². The monoisotopic (exact) mass is 534 g/mol. The first-order valence-corrected chi connectivity index (χ1v) is 13.4. The summed E-state index contributed by atoms with van der Waals surface area (Å²) < 4.78 is 2.98. The molecule has 0 saturated heterocycles. The number of aromatic nitrogens is 3. The molecule has 192 valence electrons. The quantitative estimate of drug-likeness (QED) is 0.361. The summed E-state index contributed by atoms with van der Waals surface area (Å²) in [5.74, 6) is 0.151. The second-order valence-corrected chi connectivity index (χ2v) is 10.6. The summed E-state index contributed by atoms with van der Waals surface area (Å²) in [6, 6.07) is 22.6. The van der Waals surface area contributed by atoms with Crippen molar-refractivity contribution in [3.8, 4) is 5.13 Å². The van der Waals surface area contributed by atoms with Gasteiger partial charge in [0.25, 0.3) is 5.91 Å². The first-order valence-electron chi connectivity index (χ1n) is 12.5. The fourth-order valence-corrected chi connectivity index (χ4v) is 6.09. The van der Waals surface area contributed by atoms with Crippen LogP contribution < -0.4 is 16.3 Å². The predicted molar refractivity (Wildman–Crippen MR) is 150 cm³/mol. The number of nitrogens with zero attached hydrogens (tertiary/aromatic N) is 4. The van der Waals surface area contributed by atoms with E-state index in [1.54, 1.807) is 6.20 Å². The minimum atomic E-state index is -0.874. The lowest BCUT2D eigenvalue weighted by atomic mass is 9.97. The zero-order valence-corrected chi connectivity index (χ0v) is 21.4. The van der Waals surface area contributed by atoms with Gasteiger partial charge in [-0.05, 0) is 35.4 Å². The maximum atomic E-state index is 13.3. The third-order valence-corrected chi connectivity index (χ3v) is 7.99. The van der Waals surface area contributed by atoms with Crippen molar-refractivity contribution >= 4 is 45.7 Å². The normalized spacial score (nSPS) is 17.8. The van der Waals surface area contributed by atoms with E-state index in [2.05, 4.69) is 15.6 Å². The van der Waals surface area contributed by atoms with Crippen molar-refractivity contribution in [1.29, 1.82) is 0 Å². The average molecular weight is 535 g/mol. The van der Waals surface area contributed by atoms with Gasteiger partial charge in [-0.25, -0.2) is 14.3 Å². The highest BCUT2D eigenvalue weighted by molar-refractivity contribution is 7.12. The summed E-state index contributed by atoms with van der Waals surface area (Å²) in [7, 11) is 0. The van der Waals surface area contributed by atoms with Gasteiger partial charge in [0.05, 0.1) is 11.0 Å². The lowest BCUT2D eigenvalue weighted by Gasteiger charge is -2.14. The van der Waals surface area contributed by atoms with Gasteiger partial charge in [-0.1, -0.05) is 48.5 Å². The summed E-state index contributed by atoms with van der Waals surface area (Å²) in [6.07, 6.45) is 2.60. The highest BCUT2D eigenvalue weighted by atomic mass is 32.1. The Morgan fingerprint density at radius 2 is 1.74 bits per heavy atom. The Bertz CT molecular complexity index is 1860. The Balaban J connectivity index is 1.13. The predicted octanol–water partition coefficient (Wildman–Crippen LogP) is 3.30. The van der Waals surface area contributed by atoms with Crippen molar-refractivity contribution in [3.63, 3.8) is 0 Å². The number of nitrogens with one attached hydrogen (secondary N) is 2. The van der Waals surface area contributed by atoms with Crippen molar-refractivity contribution in [1.82, 2.24) is 19.4 Å². The molecule has 5 aromatic rings. The number of para-hydroxylation sites is 2. The van der Waals surface area contributed by atoms with Crippen LogP contribution in [0.4, 0.5) is 5.69 Å². The fraction of sp³-hybridized carbons (Fsp3) is 0.138. The largest absolute Gasteiger partial charge is 0.336 e. The second-order valence-electron chi connectivity index (χ2n) is 9.70. The van der Waals surface area contributed by atoms with Crippen LogP contribution >= 0.6 is 11.3 Å². The van der Waals surface area contributed by atoms with Crippen molar-refractivity contribution < 1.29 is 9.59 Å². The number of amidine groups is 1. The number of imidazole rings is 1. The lowest BCUT2D eigenvalue weighted by molar-refractivity contribution is -0.123. The first-order chi connectivity index (χ1) is 19.0. The minimum Gasteiger partial charge on any atom is -0.325 e. The lowest BCUT2D eigenvalue weighted by Crippen LogP contribution is -2.40. The minimum absolute atomic E-state index is 0.112. The maximum absolute atomic E-state index is 13.3. The molecule has 1 spiro atoms. The molecule has 3 heterocycles. The van der Waals surface area contributed by atoms with Crippen LogP contribution in [0.1, 0.15) is 16.7 Å². The van der Waals surface area contributed by atoms with E-state index in [-0.39, 0.29) is 24.0 Å². The van der Waals surface area contributed by atoms with Crippen LogP contribution in [-0.4, -0.2) is 37.3 Å². The number of carbonyl (C=O) groups is 2. The Kier molecular flexibility index (Phi) is 5.31. The van der Waals surface area contributed by atoms with Crippen LogP contribution in [0.3, 0.4) is 0 Å². The number of hydrogen-bond donors (Lipinski definition) is 2. The molecule has 2 aliphatic rings. The van der Waals surface area contributed by atoms with Crippen molar-refractivity contribution in [3.05, 3.63) is 112 Å². The van der Waals surface area contributed by atoms with Gasteiger partial charge in [0, 0.05) is 35.7 Å². The summed E-state index contributed by atoms with van der Waals surface area (Å²) >= 11 is 1.36. The highest BCUT2D eigenvalue weighted by Gasteiger charge is 2.48. The van der Waals surface area contributed by atoms with Gasteiger partial charge >= 0.3 is 5.69 Å². The van der Waals surface area contributed by atoms with E-state index in [1.165, 1.54) is 20.5 Å². The summed E-state index contributed by atoms with van der Waals surface area (Å²) in [6.45, 7) is -0.147. The molecule has 10 heteroatoms. The third kappa shape index (κ3) is 3.88. The second kappa shape index (κ2) is 8.88. The van der Waals surface area contributed by atoms with E-state index in [0.717, 1.165) is 16.7 Å². The van der Waals surface area contributed by atoms with E-state index in [0.29, 0.717) is 40.5 Å². The molecule has 1 unspecified atom stereocenters. The fourth-order valence-electron chi connectivity index (χ4n) is 5.44. The Morgan fingerprint density at radius 3 is 2.54 bits per heavy atom. The molecule has 0 bridgehead atoms. The van der Waals surface area contributed by atoms with Crippen molar-refractivity contribution in [2.24, 2.45) is 4.99 Å². The van der Waals surface area contributed by atoms with Gasteiger partial charge in [0.15, 0.2) is 5.13 Å². The molecule has 39 heavy (non-hydrogen) atoms. The van der Waals surface area contributed by atoms with Gasteiger partial charge < -0.3 is 10.6 Å². The number of carbonyl (C=O) groups excluding carboxylic acids is 2. The molecule has 0 saturated carbocycles. The third-order valence-electron chi connectivity index (χ3n) is 7.23. The van der Waals surface area contributed by atoms with Gasteiger partial charge in [-0.2, -0.15) is 0 Å². The van der Waals surface area contributed by atoms with E-state index < -0.39 is 5.54 Å². The number of rotatable bonds is 5. The van der Waals surface area contributed by atoms with E-state index in [9.17, 15) is 14.4 Å². The molecule has 1 aliphatic heterocycles. The average Bonchev–Trinajstić information content (AvgIpc) is 3.71. The molecule has 1 atom stereocenters. The first kappa shape index (κ1) is 23.3. The zero-order chi connectivity index (χ0) is 26.6. The number of aliphatic imine (C=N–C) groups is 1. The van der Waals surface area contributed by atoms with Gasteiger partial charge in [-0.3, -0.25) is 19.1 Å². The topological polar surface area (TPSA) is 110 Å². The molecule has 0 radical (unpaired) electrons. The molecule has 2 amide bonds. The molecule has 7 rings (SSSR count). The SMILES string of the molecule is O=C(Cn1c(=O)n(-c2nccs2)c2ccccc21)Nc1ccc2c(c1)CC1(C2)N=C(c2ccccc2)NC1=O. The Labute approximate surface area is 226 Å². The van der Waals surface area contributed by atoms with Crippen molar-refractivity contribution in [2.45, 2.75) is 24.9 Å². The zero-order valence-electron chi connectivity index (χ0n) is 20.6. The van der Waals surface area contributed by atoms with E-state index >= 15 is 0 Å². The molecule has 2 N–H and O–H groups in total. The Hall–Kier alpha value is -4.83. The highest BCUT2D eigenvalue weighted by Crippen LogP contribution is 2.37. The summed E-state index contributed by atoms with van der Waals surface area (Å²) in [5.41, 5.74) is 3.64. The summed E-state index contributed by atoms with van der Waals surface area (Å²) in [5, 5.41) is 8.23. The molecule has 0 fully saturated rings. The Morgan fingerprint density at radius 1 is 0.974 bits per heavy atom. The molecule has 3 aromatic carbocycles. The van der Waals surface area contributed by atoms with Crippen LogP contribution in [0.15, 0.2) is 94.2 Å². The number of benzene rings is 3. The van der Waals surface area contributed by atoms with Crippen LogP contribution in [0.5, 0.6) is 0 Å². The molecule has 9 nitrogen and oxygen atoms in total. The summed E-state index contributed by atoms with van der Waals surface area (Å²) in [4.78, 5) is 48.5. The molecule has 1 aliphatic carbocycles. The number of fused-ring (bicyclic) bond motifs is 2. The smallest absolute Gasteiger partial charge is 0.325 e. The number of hydrogen-bond acceptors (Lipinski definition) is 6. The van der Waals surface area contributed by atoms with E-state index in [4.69, 9.17) is 4.99 Å². The maximum Gasteiger partial charge on any atom is 0.336 e. The number of thiazole rings is 1. The number of anilines is 1. The van der Waals surface area contributed by atoms with Crippen LogP contribution in [0, 0.1) is 0 Å². The number of amides is 2.